The molecule has 1 aromatic heterocycles. The number of carbonyl (C=O) groups is 1. The highest BCUT2D eigenvalue weighted by Crippen LogP contribution is 2.27. The largest absolute Gasteiger partial charge is 0.300 e. The number of rotatable bonds is 2. The van der Waals surface area contributed by atoms with Crippen LogP contribution in [0.1, 0.15) is 25.7 Å². The van der Waals surface area contributed by atoms with E-state index in [1.165, 1.54) is 11.3 Å². The van der Waals surface area contributed by atoms with Gasteiger partial charge in [0.1, 0.15) is 11.7 Å². The van der Waals surface area contributed by atoms with Gasteiger partial charge in [-0.15, -0.1) is 10.2 Å². The van der Waals surface area contributed by atoms with Gasteiger partial charge in [-0.2, -0.15) is 0 Å². The molecule has 0 aliphatic heterocycles. The van der Waals surface area contributed by atoms with Crippen molar-refractivity contribution < 1.29 is 9.18 Å². The maximum absolute atomic E-state index is 13.1. The molecule has 1 aliphatic rings. The fraction of sp³-hybridized carbons (Fsp3) is 0.667. The summed E-state index contributed by atoms with van der Waals surface area (Å²) in [5.74, 6) is -0.341. The van der Waals surface area contributed by atoms with Gasteiger partial charge >= 0.3 is 0 Å². The van der Waals surface area contributed by atoms with Gasteiger partial charge in [0, 0.05) is 5.92 Å². The second-order valence-electron chi connectivity index (χ2n) is 3.69. The second-order valence-corrected chi connectivity index (χ2v) is 4.53. The first kappa shape index (κ1) is 10.5. The number of hydrogen-bond donors (Lipinski definition) is 1. The Morgan fingerprint density at radius 2 is 2.47 bits per heavy atom. The third-order valence-electron chi connectivity index (χ3n) is 2.57. The van der Waals surface area contributed by atoms with Gasteiger partial charge in [0.15, 0.2) is 0 Å². The van der Waals surface area contributed by atoms with E-state index in [0.717, 1.165) is 12.8 Å². The molecule has 1 aromatic rings. The van der Waals surface area contributed by atoms with Crippen LogP contribution in [0.15, 0.2) is 5.51 Å². The number of nitrogens with one attached hydrogen (secondary N) is 1. The molecular formula is C9H12FN3OS. The summed E-state index contributed by atoms with van der Waals surface area (Å²) >= 11 is 1.27. The molecule has 2 atom stereocenters. The molecule has 0 unspecified atom stereocenters. The van der Waals surface area contributed by atoms with Crippen molar-refractivity contribution in [1.29, 1.82) is 0 Å². The van der Waals surface area contributed by atoms with Crippen molar-refractivity contribution in [2.75, 3.05) is 5.32 Å². The molecule has 6 heteroatoms. The van der Waals surface area contributed by atoms with E-state index in [2.05, 4.69) is 15.5 Å². The average molecular weight is 229 g/mol. The fourth-order valence-corrected chi connectivity index (χ4v) is 2.25. The number of hydrogen-bond acceptors (Lipinski definition) is 4. The van der Waals surface area contributed by atoms with E-state index in [4.69, 9.17) is 0 Å². The first-order valence-electron chi connectivity index (χ1n) is 4.97. The van der Waals surface area contributed by atoms with Gasteiger partial charge in [-0.05, 0) is 25.7 Å². The van der Waals surface area contributed by atoms with Crippen molar-refractivity contribution in [2.45, 2.75) is 31.9 Å². The first-order valence-corrected chi connectivity index (χ1v) is 5.85. The van der Waals surface area contributed by atoms with E-state index in [0.29, 0.717) is 18.0 Å². The fourth-order valence-electron chi connectivity index (χ4n) is 1.80. The van der Waals surface area contributed by atoms with Crippen molar-refractivity contribution in [3.63, 3.8) is 0 Å². The summed E-state index contributed by atoms with van der Waals surface area (Å²) in [4.78, 5) is 11.7. The lowest BCUT2D eigenvalue weighted by atomic mass is 9.87. The van der Waals surface area contributed by atoms with Crippen LogP contribution in [0.3, 0.4) is 0 Å². The minimum absolute atomic E-state index is 0.130. The summed E-state index contributed by atoms with van der Waals surface area (Å²) in [5.41, 5.74) is 1.55. The van der Waals surface area contributed by atoms with Crippen molar-refractivity contribution in [3.05, 3.63) is 5.51 Å². The Hall–Kier alpha value is -1.04. The molecule has 1 aliphatic carbocycles. The Bertz CT molecular complexity index is 330. The summed E-state index contributed by atoms with van der Waals surface area (Å²) in [6, 6.07) is 0. The highest BCUT2D eigenvalue weighted by molar-refractivity contribution is 7.13. The summed E-state index contributed by atoms with van der Waals surface area (Å²) < 4.78 is 13.1. The zero-order chi connectivity index (χ0) is 10.7. The quantitative estimate of drug-likeness (QED) is 0.844. The molecule has 0 aromatic carbocycles. The third kappa shape index (κ3) is 2.71. The Kier molecular flexibility index (Phi) is 3.25. The van der Waals surface area contributed by atoms with Crippen LogP contribution in [-0.2, 0) is 4.79 Å². The Labute approximate surface area is 90.9 Å². The molecule has 15 heavy (non-hydrogen) atoms. The molecular weight excluding hydrogens is 217 g/mol. The summed E-state index contributed by atoms with van der Waals surface area (Å²) in [7, 11) is 0. The van der Waals surface area contributed by atoms with Gasteiger partial charge in [0.2, 0.25) is 11.0 Å². The van der Waals surface area contributed by atoms with E-state index >= 15 is 0 Å². The molecule has 82 valence electrons. The topological polar surface area (TPSA) is 54.9 Å². The molecule has 2 rings (SSSR count). The summed E-state index contributed by atoms with van der Waals surface area (Å²) in [5, 5.41) is 10.5. The Balaban J connectivity index is 1.90. The summed E-state index contributed by atoms with van der Waals surface area (Å²) in [6.07, 6.45) is 1.65. The van der Waals surface area contributed by atoms with Gasteiger partial charge in [0.05, 0.1) is 0 Å². The van der Waals surface area contributed by atoms with Crippen LogP contribution in [0.5, 0.6) is 0 Å². The standard InChI is InChI=1S/C9H12FN3OS/c10-7-3-1-2-6(4-7)8(14)12-9-13-11-5-15-9/h5-7H,1-4H2,(H,12,13,14)/t6-,7-/m1/s1. The molecule has 0 radical (unpaired) electrons. The number of alkyl halides is 1. The van der Waals surface area contributed by atoms with E-state index in [9.17, 15) is 9.18 Å². The van der Waals surface area contributed by atoms with Crippen LogP contribution in [0, 0.1) is 5.92 Å². The van der Waals surface area contributed by atoms with Crippen LogP contribution in [0.2, 0.25) is 0 Å². The van der Waals surface area contributed by atoms with Crippen LogP contribution in [0.25, 0.3) is 0 Å². The maximum atomic E-state index is 13.1. The van der Waals surface area contributed by atoms with Gasteiger partial charge in [0.25, 0.3) is 0 Å². The third-order valence-corrected chi connectivity index (χ3v) is 3.18. The van der Waals surface area contributed by atoms with Crippen LogP contribution >= 0.6 is 11.3 Å². The minimum Gasteiger partial charge on any atom is -0.300 e. The van der Waals surface area contributed by atoms with Gasteiger partial charge < -0.3 is 5.32 Å². The Morgan fingerprint density at radius 3 is 3.13 bits per heavy atom. The highest BCUT2D eigenvalue weighted by atomic mass is 32.1. The average Bonchev–Trinajstić information content (AvgIpc) is 2.70. The monoisotopic (exact) mass is 229 g/mol. The molecule has 1 heterocycles. The lowest BCUT2D eigenvalue weighted by Gasteiger charge is -2.22. The summed E-state index contributed by atoms with van der Waals surface area (Å²) in [6.45, 7) is 0. The molecule has 0 bridgehead atoms. The first-order chi connectivity index (χ1) is 7.25. The van der Waals surface area contributed by atoms with Crippen LogP contribution in [0.4, 0.5) is 9.52 Å². The number of amides is 1. The van der Waals surface area contributed by atoms with Crippen LogP contribution < -0.4 is 5.32 Å². The molecule has 1 fully saturated rings. The molecule has 0 spiro atoms. The zero-order valence-electron chi connectivity index (χ0n) is 8.15. The predicted octanol–water partition coefficient (Wildman–Crippen LogP) is 2.00. The number of anilines is 1. The number of aromatic nitrogens is 2. The molecule has 4 nitrogen and oxygen atoms in total. The number of carbonyl (C=O) groups excluding carboxylic acids is 1. The van der Waals surface area contributed by atoms with Crippen molar-refractivity contribution in [3.8, 4) is 0 Å². The van der Waals surface area contributed by atoms with Crippen molar-refractivity contribution in [2.24, 2.45) is 5.92 Å². The highest BCUT2D eigenvalue weighted by Gasteiger charge is 2.27. The van der Waals surface area contributed by atoms with E-state index in [1.54, 1.807) is 5.51 Å². The molecule has 1 saturated carbocycles. The van der Waals surface area contributed by atoms with Crippen molar-refractivity contribution in [1.82, 2.24) is 10.2 Å². The maximum Gasteiger partial charge on any atom is 0.229 e. The minimum atomic E-state index is -0.830. The SMILES string of the molecule is O=C(Nc1nncs1)[C@@H]1CCC[C@@H](F)C1. The van der Waals surface area contributed by atoms with E-state index in [-0.39, 0.29) is 11.8 Å². The molecule has 0 saturated heterocycles. The predicted molar refractivity (Wildman–Crippen MR) is 55.4 cm³/mol. The van der Waals surface area contributed by atoms with Crippen molar-refractivity contribution >= 4 is 22.4 Å². The zero-order valence-corrected chi connectivity index (χ0v) is 8.97. The molecule has 1 amide bonds. The van der Waals surface area contributed by atoms with Crippen LogP contribution in [-0.4, -0.2) is 22.3 Å². The second kappa shape index (κ2) is 4.65. The lowest BCUT2D eigenvalue weighted by Crippen LogP contribution is -2.28. The lowest BCUT2D eigenvalue weighted by molar-refractivity contribution is -0.121. The number of halogens is 1. The molecule has 1 N–H and O–H groups in total. The van der Waals surface area contributed by atoms with Gasteiger partial charge in [-0.1, -0.05) is 11.3 Å². The van der Waals surface area contributed by atoms with Gasteiger partial charge in [-0.25, -0.2) is 4.39 Å². The van der Waals surface area contributed by atoms with E-state index < -0.39 is 6.17 Å². The Morgan fingerprint density at radius 1 is 1.60 bits per heavy atom. The smallest absolute Gasteiger partial charge is 0.229 e. The van der Waals surface area contributed by atoms with E-state index in [1.807, 2.05) is 0 Å². The van der Waals surface area contributed by atoms with Gasteiger partial charge in [-0.3, -0.25) is 4.79 Å². The normalized spacial score (nSPS) is 26.2. The number of nitrogens with zero attached hydrogens (tertiary/aromatic N) is 2.